The predicted octanol–water partition coefficient (Wildman–Crippen LogP) is 3.93. The van der Waals surface area contributed by atoms with E-state index in [2.05, 4.69) is 5.32 Å². The number of hydrogen-bond acceptors (Lipinski definition) is 4. The van der Waals surface area contributed by atoms with Crippen LogP contribution in [-0.2, 0) is 11.2 Å². The molecule has 1 aromatic heterocycles. The number of benzene rings is 1. The number of Topliss-reactive ketones (excluding diaryl/α,β-unsaturated/α-hetero) is 1. The molecule has 0 aliphatic heterocycles. The van der Waals surface area contributed by atoms with Gasteiger partial charge in [0.15, 0.2) is 11.7 Å². The van der Waals surface area contributed by atoms with Gasteiger partial charge in [0.25, 0.3) is 0 Å². The van der Waals surface area contributed by atoms with Crippen molar-refractivity contribution < 1.29 is 9.59 Å². The van der Waals surface area contributed by atoms with Crippen molar-refractivity contribution in [2.75, 3.05) is 5.32 Å². The summed E-state index contributed by atoms with van der Waals surface area (Å²) in [5.74, 6) is -2.58. The van der Waals surface area contributed by atoms with E-state index in [4.69, 9.17) is 16.9 Å². The molecule has 0 radical (unpaired) electrons. The number of thiophene rings is 1. The van der Waals surface area contributed by atoms with Gasteiger partial charge in [-0.1, -0.05) is 30.7 Å². The van der Waals surface area contributed by atoms with Crippen LogP contribution in [0.15, 0.2) is 35.7 Å². The first-order valence-electron chi connectivity index (χ1n) is 6.62. The Morgan fingerprint density at radius 3 is 2.55 bits per heavy atom. The molecule has 0 saturated carbocycles. The second-order valence-corrected chi connectivity index (χ2v) is 6.15. The van der Waals surface area contributed by atoms with Crippen LogP contribution >= 0.6 is 22.9 Å². The molecule has 22 heavy (non-hydrogen) atoms. The van der Waals surface area contributed by atoms with Gasteiger partial charge >= 0.3 is 0 Å². The van der Waals surface area contributed by atoms with Crippen LogP contribution in [0.4, 0.5) is 5.69 Å². The highest BCUT2D eigenvalue weighted by molar-refractivity contribution is 7.14. The van der Waals surface area contributed by atoms with Crippen LogP contribution in [0.3, 0.4) is 0 Å². The number of aryl methyl sites for hydroxylation is 1. The van der Waals surface area contributed by atoms with E-state index in [0.717, 1.165) is 12.0 Å². The van der Waals surface area contributed by atoms with E-state index in [9.17, 15) is 9.59 Å². The standard InChI is InChI=1S/C16H13ClN2O2S/c1-2-10-3-5-12(6-4-10)19-16(21)13(8-18)15(20)11-7-14(17)22-9-11/h3-7,9,13H,2H2,1H3,(H,19,21)/t13-/m0/s1. The molecule has 1 aromatic carbocycles. The molecule has 0 aliphatic carbocycles. The summed E-state index contributed by atoms with van der Waals surface area (Å²) < 4.78 is 0.440. The lowest BCUT2D eigenvalue weighted by molar-refractivity contribution is -0.117. The number of carbonyl (C=O) groups is 2. The van der Waals surface area contributed by atoms with Gasteiger partial charge in [-0.2, -0.15) is 5.26 Å². The van der Waals surface area contributed by atoms with Gasteiger partial charge in [-0.15, -0.1) is 11.3 Å². The summed E-state index contributed by atoms with van der Waals surface area (Å²) in [6.07, 6.45) is 0.895. The summed E-state index contributed by atoms with van der Waals surface area (Å²) >= 11 is 6.96. The quantitative estimate of drug-likeness (QED) is 0.666. The van der Waals surface area contributed by atoms with Crippen molar-refractivity contribution in [3.63, 3.8) is 0 Å². The van der Waals surface area contributed by atoms with Gasteiger partial charge in [0, 0.05) is 16.6 Å². The summed E-state index contributed by atoms with van der Waals surface area (Å²) in [6, 6.07) is 10.5. The number of halogens is 1. The van der Waals surface area contributed by atoms with Gasteiger partial charge in [-0.3, -0.25) is 9.59 Å². The van der Waals surface area contributed by atoms with Gasteiger partial charge in [-0.05, 0) is 30.2 Å². The zero-order valence-corrected chi connectivity index (χ0v) is 13.4. The zero-order valence-electron chi connectivity index (χ0n) is 11.8. The molecule has 6 heteroatoms. The Morgan fingerprint density at radius 1 is 1.36 bits per heavy atom. The monoisotopic (exact) mass is 332 g/mol. The molecule has 2 aromatic rings. The molecule has 112 valence electrons. The Hall–Kier alpha value is -2.16. The average Bonchev–Trinajstić information content (AvgIpc) is 2.95. The van der Waals surface area contributed by atoms with Crippen LogP contribution < -0.4 is 5.32 Å². The maximum atomic E-state index is 12.2. The number of hydrogen-bond donors (Lipinski definition) is 1. The molecule has 1 amide bonds. The molecule has 1 atom stereocenters. The summed E-state index contributed by atoms with van der Waals surface area (Å²) in [5.41, 5.74) is 1.97. The average molecular weight is 333 g/mol. The lowest BCUT2D eigenvalue weighted by Gasteiger charge is -2.09. The van der Waals surface area contributed by atoms with Gasteiger partial charge in [0.1, 0.15) is 0 Å². The largest absolute Gasteiger partial charge is 0.325 e. The van der Waals surface area contributed by atoms with E-state index >= 15 is 0 Å². The lowest BCUT2D eigenvalue weighted by atomic mass is 10.00. The van der Waals surface area contributed by atoms with Crippen molar-refractivity contribution in [2.24, 2.45) is 5.92 Å². The Labute approximate surface area is 137 Å². The Balaban J connectivity index is 2.11. The maximum Gasteiger partial charge on any atom is 0.249 e. The van der Waals surface area contributed by atoms with Crippen LogP contribution in [0.1, 0.15) is 22.8 Å². The van der Waals surface area contributed by atoms with Gasteiger partial charge in [0.2, 0.25) is 5.91 Å². The molecule has 0 unspecified atom stereocenters. The molecule has 0 aliphatic rings. The molecule has 0 saturated heterocycles. The van der Waals surface area contributed by atoms with Crippen molar-refractivity contribution in [2.45, 2.75) is 13.3 Å². The molecule has 1 N–H and O–H groups in total. The molecule has 1 heterocycles. The second-order valence-electron chi connectivity index (χ2n) is 4.61. The number of carbonyl (C=O) groups excluding carboxylic acids is 2. The third-order valence-corrected chi connectivity index (χ3v) is 4.23. The molecule has 4 nitrogen and oxygen atoms in total. The minimum absolute atomic E-state index is 0.276. The van der Waals surface area contributed by atoms with E-state index in [1.54, 1.807) is 23.6 Å². The van der Waals surface area contributed by atoms with Crippen LogP contribution in [0, 0.1) is 17.2 Å². The van der Waals surface area contributed by atoms with Gasteiger partial charge < -0.3 is 5.32 Å². The van der Waals surface area contributed by atoms with E-state index in [1.165, 1.54) is 17.4 Å². The number of nitrogens with one attached hydrogen (secondary N) is 1. The molecular weight excluding hydrogens is 320 g/mol. The first-order chi connectivity index (χ1) is 10.5. The summed E-state index contributed by atoms with van der Waals surface area (Å²) in [7, 11) is 0. The molecular formula is C16H13ClN2O2S. The number of ketones is 1. The predicted molar refractivity (Wildman–Crippen MR) is 87.2 cm³/mol. The van der Waals surface area contributed by atoms with Crippen molar-refractivity contribution in [1.29, 1.82) is 5.26 Å². The smallest absolute Gasteiger partial charge is 0.249 e. The van der Waals surface area contributed by atoms with Crippen LogP contribution in [0.25, 0.3) is 0 Å². The summed E-state index contributed by atoms with van der Waals surface area (Å²) in [4.78, 5) is 24.3. The summed E-state index contributed by atoms with van der Waals surface area (Å²) in [6.45, 7) is 2.03. The Bertz CT molecular complexity index is 731. The Kier molecular flexibility index (Phi) is 5.31. The third kappa shape index (κ3) is 3.73. The fraction of sp³-hybridized carbons (Fsp3) is 0.188. The van der Waals surface area contributed by atoms with Crippen molar-refractivity contribution >= 4 is 40.3 Å². The highest BCUT2D eigenvalue weighted by Gasteiger charge is 2.28. The fourth-order valence-corrected chi connectivity index (χ4v) is 2.75. The van der Waals surface area contributed by atoms with E-state index in [0.29, 0.717) is 10.0 Å². The maximum absolute atomic E-state index is 12.2. The van der Waals surface area contributed by atoms with Crippen molar-refractivity contribution in [1.82, 2.24) is 0 Å². The van der Waals surface area contributed by atoms with Crippen molar-refractivity contribution in [3.8, 4) is 6.07 Å². The number of amides is 1. The third-order valence-electron chi connectivity index (χ3n) is 3.14. The Morgan fingerprint density at radius 2 is 2.05 bits per heavy atom. The minimum atomic E-state index is -1.39. The van der Waals surface area contributed by atoms with E-state index < -0.39 is 17.6 Å². The number of nitrogens with zero attached hydrogens (tertiary/aromatic N) is 1. The molecule has 0 fully saturated rings. The molecule has 0 bridgehead atoms. The van der Waals surface area contributed by atoms with Gasteiger partial charge in [0.05, 0.1) is 10.4 Å². The topological polar surface area (TPSA) is 70.0 Å². The minimum Gasteiger partial charge on any atom is -0.325 e. The van der Waals surface area contributed by atoms with E-state index in [-0.39, 0.29) is 5.56 Å². The van der Waals surface area contributed by atoms with Gasteiger partial charge in [-0.25, -0.2) is 0 Å². The van der Waals surface area contributed by atoms with E-state index in [1.807, 2.05) is 19.1 Å². The molecule has 0 spiro atoms. The van der Waals surface area contributed by atoms with Crippen molar-refractivity contribution in [3.05, 3.63) is 51.2 Å². The normalized spacial score (nSPS) is 11.5. The first-order valence-corrected chi connectivity index (χ1v) is 7.88. The number of nitriles is 1. The van der Waals surface area contributed by atoms with Crippen LogP contribution in [0.2, 0.25) is 4.34 Å². The summed E-state index contributed by atoms with van der Waals surface area (Å²) in [5, 5.41) is 13.3. The SMILES string of the molecule is CCc1ccc(NC(=O)[C@@H](C#N)C(=O)c2csc(Cl)c2)cc1. The highest BCUT2D eigenvalue weighted by Crippen LogP contribution is 2.22. The van der Waals surface area contributed by atoms with Crippen LogP contribution in [0.5, 0.6) is 0 Å². The second kappa shape index (κ2) is 7.21. The number of anilines is 1. The first kappa shape index (κ1) is 16.2. The molecule has 2 rings (SSSR count). The lowest BCUT2D eigenvalue weighted by Crippen LogP contribution is -2.28. The fourth-order valence-electron chi connectivity index (χ4n) is 1.88. The van der Waals surface area contributed by atoms with Crippen LogP contribution in [-0.4, -0.2) is 11.7 Å². The number of rotatable bonds is 5. The zero-order chi connectivity index (χ0) is 16.1. The highest BCUT2D eigenvalue weighted by atomic mass is 35.5.